The molecule has 0 radical (unpaired) electrons. The fourth-order valence-corrected chi connectivity index (χ4v) is 1.15. The molecule has 0 aromatic heterocycles. The zero-order valence-electron chi connectivity index (χ0n) is 8.75. The fraction of sp³-hybridized carbons (Fsp3) is 0.364. The van der Waals surface area contributed by atoms with E-state index >= 15 is 0 Å². The van der Waals surface area contributed by atoms with Gasteiger partial charge in [0.25, 0.3) is 5.91 Å². The molecule has 0 spiro atoms. The molecule has 1 aromatic rings. The van der Waals surface area contributed by atoms with Crippen molar-refractivity contribution in [2.45, 2.75) is 19.9 Å². The standard InChI is InChI=1S/C11H14FNO2/c1-7-3-4-9(10(12)5-7)11(15)13-8(2)6-14/h3-5,8,14H,6H2,1-2H3,(H,13,15). The molecular formula is C11H14FNO2. The maximum Gasteiger partial charge on any atom is 0.254 e. The van der Waals surface area contributed by atoms with Crippen LogP contribution in [0.3, 0.4) is 0 Å². The summed E-state index contributed by atoms with van der Waals surface area (Å²) in [5, 5.41) is 11.2. The number of benzene rings is 1. The summed E-state index contributed by atoms with van der Waals surface area (Å²) in [5.74, 6) is -1.05. The Kier molecular flexibility index (Phi) is 3.80. The van der Waals surface area contributed by atoms with Crippen molar-refractivity contribution in [3.8, 4) is 0 Å². The number of aryl methyl sites for hydroxylation is 1. The van der Waals surface area contributed by atoms with Gasteiger partial charge in [-0.05, 0) is 31.5 Å². The summed E-state index contributed by atoms with van der Waals surface area (Å²) in [5.41, 5.74) is 0.764. The second-order valence-corrected chi connectivity index (χ2v) is 3.54. The van der Waals surface area contributed by atoms with Crippen molar-refractivity contribution < 1.29 is 14.3 Å². The van der Waals surface area contributed by atoms with Gasteiger partial charge in [0.15, 0.2) is 0 Å². The van der Waals surface area contributed by atoms with Gasteiger partial charge in [0, 0.05) is 6.04 Å². The van der Waals surface area contributed by atoms with Gasteiger partial charge in [-0.15, -0.1) is 0 Å². The summed E-state index contributed by atoms with van der Waals surface area (Å²) < 4.78 is 13.3. The van der Waals surface area contributed by atoms with Crippen LogP contribution < -0.4 is 5.32 Å². The Morgan fingerprint density at radius 3 is 2.80 bits per heavy atom. The predicted molar refractivity (Wildman–Crippen MR) is 55.2 cm³/mol. The third-order valence-electron chi connectivity index (χ3n) is 2.02. The van der Waals surface area contributed by atoms with Crippen molar-refractivity contribution in [2.75, 3.05) is 6.61 Å². The molecule has 0 aliphatic carbocycles. The van der Waals surface area contributed by atoms with Gasteiger partial charge in [-0.25, -0.2) is 4.39 Å². The third kappa shape index (κ3) is 3.02. The molecule has 1 aromatic carbocycles. The molecule has 0 aliphatic rings. The van der Waals surface area contributed by atoms with E-state index in [-0.39, 0.29) is 18.2 Å². The minimum atomic E-state index is -0.544. The van der Waals surface area contributed by atoms with E-state index in [2.05, 4.69) is 5.32 Å². The first kappa shape index (κ1) is 11.7. The molecule has 1 unspecified atom stereocenters. The van der Waals surface area contributed by atoms with Crippen LogP contribution in [0.15, 0.2) is 18.2 Å². The molecule has 0 heterocycles. The van der Waals surface area contributed by atoms with Crippen LogP contribution in [0, 0.1) is 12.7 Å². The third-order valence-corrected chi connectivity index (χ3v) is 2.02. The van der Waals surface area contributed by atoms with Crippen molar-refractivity contribution >= 4 is 5.91 Å². The van der Waals surface area contributed by atoms with Crippen molar-refractivity contribution in [1.29, 1.82) is 0 Å². The van der Waals surface area contributed by atoms with Gasteiger partial charge in [0.2, 0.25) is 0 Å². The summed E-state index contributed by atoms with van der Waals surface area (Å²) in [6.07, 6.45) is 0. The number of rotatable bonds is 3. The molecule has 1 atom stereocenters. The van der Waals surface area contributed by atoms with E-state index in [1.807, 2.05) is 0 Å². The Bertz CT molecular complexity index is 366. The first-order valence-electron chi connectivity index (χ1n) is 4.72. The molecule has 2 N–H and O–H groups in total. The van der Waals surface area contributed by atoms with E-state index in [0.29, 0.717) is 0 Å². The molecule has 1 rings (SSSR count). The van der Waals surface area contributed by atoms with Crippen molar-refractivity contribution in [3.63, 3.8) is 0 Å². The van der Waals surface area contributed by atoms with Crippen LogP contribution in [0.4, 0.5) is 4.39 Å². The summed E-state index contributed by atoms with van der Waals surface area (Å²) in [4.78, 5) is 11.5. The zero-order valence-corrected chi connectivity index (χ0v) is 8.75. The van der Waals surface area contributed by atoms with Crippen LogP contribution in [0.2, 0.25) is 0 Å². The normalized spacial score (nSPS) is 12.3. The van der Waals surface area contributed by atoms with E-state index in [9.17, 15) is 9.18 Å². The van der Waals surface area contributed by atoms with Gasteiger partial charge in [0.05, 0.1) is 12.2 Å². The number of carbonyl (C=O) groups is 1. The Balaban J connectivity index is 2.82. The highest BCUT2D eigenvalue weighted by molar-refractivity contribution is 5.94. The minimum Gasteiger partial charge on any atom is -0.394 e. The van der Waals surface area contributed by atoms with Gasteiger partial charge in [-0.2, -0.15) is 0 Å². The molecule has 0 aliphatic heterocycles. The van der Waals surface area contributed by atoms with Crippen LogP contribution in [-0.4, -0.2) is 23.7 Å². The van der Waals surface area contributed by atoms with Gasteiger partial charge in [0.1, 0.15) is 5.82 Å². The number of amides is 1. The summed E-state index contributed by atoms with van der Waals surface area (Å²) in [6.45, 7) is 3.23. The zero-order chi connectivity index (χ0) is 11.4. The SMILES string of the molecule is Cc1ccc(C(=O)NC(C)CO)c(F)c1. The molecule has 82 valence electrons. The van der Waals surface area contributed by atoms with Gasteiger partial charge in [-0.1, -0.05) is 6.07 Å². The van der Waals surface area contributed by atoms with E-state index < -0.39 is 11.7 Å². The van der Waals surface area contributed by atoms with Crippen molar-refractivity contribution in [2.24, 2.45) is 0 Å². The van der Waals surface area contributed by atoms with E-state index in [1.54, 1.807) is 19.9 Å². The van der Waals surface area contributed by atoms with Gasteiger partial charge < -0.3 is 10.4 Å². The average Bonchev–Trinajstić information content (AvgIpc) is 2.17. The maximum atomic E-state index is 13.3. The van der Waals surface area contributed by atoms with Crippen LogP contribution >= 0.6 is 0 Å². The second-order valence-electron chi connectivity index (χ2n) is 3.54. The number of aliphatic hydroxyl groups is 1. The quantitative estimate of drug-likeness (QED) is 0.790. The van der Waals surface area contributed by atoms with Crippen LogP contribution in [-0.2, 0) is 0 Å². The maximum absolute atomic E-state index is 13.3. The first-order chi connectivity index (χ1) is 7.04. The lowest BCUT2D eigenvalue weighted by molar-refractivity contribution is 0.0918. The van der Waals surface area contributed by atoms with Gasteiger partial charge >= 0.3 is 0 Å². The highest BCUT2D eigenvalue weighted by Gasteiger charge is 2.13. The molecule has 0 bridgehead atoms. The lowest BCUT2D eigenvalue weighted by Gasteiger charge is -2.11. The molecule has 3 nitrogen and oxygen atoms in total. The molecule has 15 heavy (non-hydrogen) atoms. The van der Waals surface area contributed by atoms with E-state index in [4.69, 9.17) is 5.11 Å². The Morgan fingerprint density at radius 2 is 2.27 bits per heavy atom. The van der Waals surface area contributed by atoms with Crippen LogP contribution in [0.1, 0.15) is 22.8 Å². The van der Waals surface area contributed by atoms with Crippen LogP contribution in [0.5, 0.6) is 0 Å². The van der Waals surface area contributed by atoms with Crippen molar-refractivity contribution in [1.82, 2.24) is 5.32 Å². The largest absolute Gasteiger partial charge is 0.394 e. The average molecular weight is 211 g/mol. The van der Waals surface area contributed by atoms with E-state index in [0.717, 1.165) is 5.56 Å². The molecule has 0 saturated heterocycles. The molecule has 4 heteroatoms. The first-order valence-corrected chi connectivity index (χ1v) is 4.72. The molecular weight excluding hydrogens is 197 g/mol. The highest BCUT2D eigenvalue weighted by Crippen LogP contribution is 2.09. The summed E-state index contributed by atoms with van der Waals surface area (Å²) in [7, 11) is 0. The van der Waals surface area contributed by atoms with E-state index in [1.165, 1.54) is 12.1 Å². The minimum absolute atomic E-state index is 0.000833. The Hall–Kier alpha value is -1.42. The Morgan fingerprint density at radius 1 is 1.60 bits per heavy atom. The number of nitrogens with one attached hydrogen (secondary N) is 1. The number of hydrogen-bond donors (Lipinski definition) is 2. The predicted octanol–water partition coefficient (Wildman–Crippen LogP) is 1.24. The number of hydrogen-bond acceptors (Lipinski definition) is 2. The highest BCUT2D eigenvalue weighted by atomic mass is 19.1. The van der Waals surface area contributed by atoms with Crippen LogP contribution in [0.25, 0.3) is 0 Å². The lowest BCUT2D eigenvalue weighted by Crippen LogP contribution is -2.35. The molecule has 0 fully saturated rings. The smallest absolute Gasteiger partial charge is 0.254 e. The lowest BCUT2D eigenvalue weighted by atomic mass is 10.1. The number of aliphatic hydroxyl groups excluding tert-OH is 1. The summed E-state index contributed by atoms with van der Waals surface area (Å²) in [6, 6.07) is 4.03. The monoisotopic (exact) mass is 211 g/mol. The van der Waals surface area contributed by atoms with Gasteiger partial charge in [-0.3, -0.25) is 4.79 Å². The number of carbonyl (C=O) groups excluding carboxylic acids is 1. The number of halogens is 1. The van der Waals surface area contributed by atoms with Crippen molar-refractivity contribution in [3.05, 3.63) is 35.1 Å². The fourth-order valence-electron chi connectivity index (χ4n) is 1.15. The topological polar surface area (TPSA) is 49.3 Å². The second kappa shape index (κ2) is 4.89. The molecule has 1 amide bonds. The molecule has 0 saturated carbocycles. The summed E-state index contributed by atoms with van der Waals surface area (Å²) >= 11 is 0. The Labute approximate surface area is 87.9 Å².